The molecule has 1 aromatic rings. The molecule has 1 aromatic carbocycles. The number of hydrogen-bond donors (Lipinski definition) is 1. The number of nitrogens with one attached hydrogen (secondary N) is 1. The van der Waals surface area contributed by atoms with Gasteiger partial charge in [-0.2, -0.15) is 0 Å². The minimum Gasteiger partial charge on any atom is -0.496 e. The zero-order valence-corrected chi connectivity index (χ0v) is 13.2. The predicted octanol–water partition coefficient (Wildman–Crippen LogP) is 2.14. The maximum atomic E-state index is 5.41. The van der Waals surface area contributed by atoms with Crippen LogP contribution in [-0.2, 0) is 11.3 Å². The Morgan fingerprint density at radius 3 is 2.65 bits per heavy atom. The van der Waals surface area contributed by atoms with E-state index in [1.54, 1.807) is 14.2 Å². The van der Waals surface area contributed by atoms with Crippen LogP contribution in [0.25, 0.3) is 0 Å². The van der Waals surface area contributed by atoms with E-state index in [9.17, 15) is 0 Å². The largest absolute Gasteiger partial charge is 0.496 e. The Morgan fingerprint density at radius 2 is 2.00 bits per heavy atom. The fourth-order valence-corrected chi connectivity index (χ4v) is 2.21. The summed E-state index contributed by atoms with van der Waals surface area (Å²) in [6.45, 7) is 5.74. The summed E-state index contributed by atoms with van der Waals surface area (Å²) in [5, 5.41) is 3.46. The highest BCUT2D eigenvalue weighted by Crippen LogP contribution is 2.19. The van der Waals surface area contributed by atoms with E-state index >= 15 is 0 Å². The molecular formula is C16H28N2O2. The number of ether oxygens (including phenoxy) is 2. The summed E-state index contributed by atoms with van der Waals surface area (Å²) in [4.78, 5) is 2.31. The molecule has 0 fully saturated rings. The minimum atomic E-state index is 0.358. The van der Waals surface area contributed by atoms with Gasteiger partial charge in [-0.3, -0.25) is 4.90 Å². The third kappa shape index (κ3) is 5.49. The second-order valence-electron chi connectivity index (χ2n) is 5.04. The van der Waals surface area contributed by atoms with E-state index in [4.69, 9.17) is 9.47 Å². The monoisotopic (exact) mass is 280 g/mol. The highest BCUT2D eigenvalue weighted by atomic mass is 16.5. The summed E-state index contributed by atoms with van der Waals surface area (Å²) in [5.74, 6) is 0.942. The van der Waals surface area contributed by atoms with E-state index in [0.717, 1.165) is 38.4 Å². The minimum absolute atomic E-state index is 0.358. The third-order valence-electron chi connectivity index (χ3n) is 3.40. The van der Waals surface area contributed by atoms with Gasteiger partial charge in [0.15, 0.2) is 0 Å². The standard InChI is InChI=1S/C16H28N2O2/c1-5-10-17-11-15(13-19-3)18(2)12-14-8-6-7-9-16(14)20-4/h6-9,15,17H,5,10-13H2,1-4H3. The number of para-hydroxylation sites is 1. The molecule has 20 heavy (non-hydrogen) atoms. The smallest absolute Gasteiger partial charge is 0.123 e. The molecular weight excluding hydrogens is 252 g/mol. The van der Waals surface area contributed by atoms with Gasteiger partial charge in [-0.1, -0.05) is 25.1 Å². The summed E-state index contributed by atoms with van der Waals surface area (Å²) in [7, 11) is 5.60. The van der Waals surface area contributed by atoms with E-state index in [0.29, 0.717) is 6.04 Å². The molecule has 4 heteroatoms. The molecule has 1 unspecified atom stereocenters. The molecule has 0 radical (unpaired) electrons. The van der Waals surface area contributed by atoms with Gasteiger partial charge in [0.1, 0.15) is 5.75 Å². The molecule has 0 aliphatic heterocycles. The van der Waals surface area contributed by atoms with Crippen molar-refractivity contribution in [3.8, 4) is 5.75 Å². The van der Waals surface area contributed by atoms with Crippen molar-refractivity contribution in [2.24, 2.45) is 0 Å². The number of nitrogens with zero attached hydrogens (tertiary/aromatic N) is 1. The topological polar surface area (TPSA) is 33.7 Å². The van der Waals surface area contributed by atoms with Crippen molar-refractivity contribution < 1.29 is 9.47 Å². The number of benzene rings is 1. The first-order valence-electron chi connectivity index (χ1n) is 7.24. The molecule has 114 valence electrons. The Bertz CT molecular complexity index is 371. The molecule has 0 aromatic heterocycles. The first-order valence-corrected chi connectivity index (χ1v) is 7.24. The normalized spacial score (nSPS) is 12.7. The number of rotatable bonds is 10. The molecule has 0 saturated heterocycles. The van der Waals surface area contributed by atoms with Crippen LogP contribution in [0.15, 0.2) is 24.3 Å². The van der Waals surface area contributed by atoms with Crippen molar-refractivity contribution >= 4 is 0 Å². The zero-order chi connectivity index (χ0) is 14.8. The highest BCUT2D eigenvalue weighted by molar-refractivity contribution is 5.33. The van der Waals surface area contributed by atoms with Crippen LogP contribution in [0, 0.1) is 0 Å². The van der Waals surface area contributed by atoms with Crippen LogP contribution in [0.2, 0.25) is 0 Å². The van der Waals surface area contributed by atoms with E-state index in [2.05, 4.69) is 30.3 Å². The molecule has 0 aliphatic rings. The Morgan fingerprint density at radius 1 is 1.25 bits per heavy atom. The Balaban J connectivity index is 2.62. The van der Waals surface area contributed by atoms with Crippen LogP contribution in [0.5, 0.6) is 5.75 Å². The summed E-state index contributed by atoms with van der Waals surface area (Å²) >= 11 is 0. The van der Waals surface area contributed by atoms with Gasteiger partial charge in [0.2, 0.25) is 0 Å². The lowest BCUT2D eigenvalue weighted by atomic mass is 10.1. The first-order chi connectivity index (χ1) is 9.72. The second kappa shape index (κ2) is 9.75. The van der Waals surface area contributed by atoms with Crippen molar-refractivity contribution in [1.82, 2.24) is 10.2 Å². The molecule has 0 bridgehead atoms. The van der Waals surface area contributed by atoms with Crippen molar-refractivity contribution in [3.05, 3.63) is 29.8 Å². The maximum Gasteiger partial charge on any atom is 0.123 e. The fraction of sp³-hybridized carbons (Fsp3) is 0.625. The molecule has 1 rings (SSSR count). The van der Waals surface area contributed by atoms with E-state index in [1.165, 1.54) is 5.56 Å². The zero-order valence-electron chi connectivity index (χ0n) is 13.2. The third-order valence-corrected chi connectivity index (χ3v) is 3.40. The van der Waals surface area contributed by atoms with Gasteiger partial charge >= 0.3 is 0 Å². The van der Waals surface area contributed by atoms with Crippen LogP contribution in [0.1, 0.15) is 18.9 Å². The predicted molar refractivity (Wildman–Crippen MR) is 83.3 cm³/mol. The molecule has 4 nitrogen and oxygen atoms in total. The van der Waals surface area contributed by atoms with Crippen LogP contribution in [0.3, 0.4) is 0 Å². The Hall–Kier alpha value is -1.10. The Labute approximate surface area is 123 Å². The molecule has 1 atom stereocenters. The lowest BCUT2D eigenvalue weighted by Crippen LogP contribution is -2.43. The van der Waals surface area contributed by atoms with Gasteiger partial charge in [0.05, 0.1) is 13.7 Å². The van der Waals surface area contributed by atoms with E-state index < -0.39 is 0 Å². The van der Waals surface area contributed by atoms with Crippen molar-refractivity contribution in [2.45, 2.75) is 25.9 Å². The van der Waals surface area contributed by atoms with Crippen molar-refractivity contribution in [2.75, 3.05) is 41.0 Å². The van der Waals surface area contributed by atoms with Gasteiger partial charge in [0, 0.05) is 31.8 Å². The van der Waals surface area contributed by atoms with Crippen LogP contribution in [0.4, 0.5) is 0 Å². The first kappa shape index (κ1) is 17.0. The van der Waals surface area contributed by atoms with Gasteiger partial charge in [0.25, 0.3) is 0 Å². The molecule has 0 heterocycles. The van der Waals surface area contributed by atoms with Crippen LogP contribution in [-0.4, -0.2) is 51.9 Å². The van der Waals surface area contributed by atoms with E-state index in [-0.39, 0.29) is 0 Å². The molecule has 0 spiro atoms. The van der Waals surface area contributed by atoms with Crippen molar-refractivity contribution in [3.63, 3.8) is 0 Å². The molecule has 1 N–H and O–H groups in total. The fourth-order valence-electron chi connectivity index (χ4n) is 2.21. The molecule has 0 saturated carbocycles. The lowest BCUT2D eigenvalue weighted by molar-refractivity contribution is 0.101. The number of methoxy groups -OCH3 is 2. The maximum absolute atomic E-state index is 5.41. The average molecular weight is 280 g/mol. The average Bonchev–Trinajstić information content (AvgIpc) is 2.47. The molecule has 0 amide bonds. The quantitative estimate of drug-likeness (QED) is 0.666. The number of likely N-dealkylation sites (N-methyl/N-ethyl adjacent to an activating group) is 1. The highest BCUT2D eigenvalue weighted by Gasteiger charge is 2.16. The van der Waals surface area contributed by atoms with Crippen molar-refractivity contribution in [1.29, 1.82) is 0 Å². The van der Waals surface area contributed by atoms with E-state index in [1.807, 2.05) is 18.2 Å². The van der Waals surface area contributed by atoms with Gasteiger partial charge in [-0.25, -0.2) is 0 Å². The SMILES string of the molecule is CCCNCC(COC)N(C)Cc1ccccc1OC. The number of hydrogen-bond acceptors (Lipinski definition) is 4. The molecule has 0 aliphatic carbocycles. The second-order valence-corrected chi connectivity index (χ2v) is 5.04. The summed E-state index contributed by atoms with van der Waals surface area (Å²) in [6.07, 6.45) is 1.15. The van der Waals surface area contributed by atoms with Gasteiger partial charge in [-0.05, 0) is 26.1 Å². The van der Waals surface area contributed by atoms with Gasteiger partial charge in [-0.15, -0.1) is 0 Å². The summed E-state index contributed by atoms with van der Waals surface area (Å²) in [6, 6.07) is 8.52. The Kier molecular flexibility index (Phi) is 8.26. The van der Waals surface area contributed by atoms with Crippen LogP contribution < -0.4 is 10.1 Å². The van der Waals surface area contributed by atoms with Crippen LogP contribution >= 0.6 is 0 Å². The summed E-state index contributed by atoms with van der Waals surface area (Å²) in [5.41, 5.74) is 1.20. The summed E-state index contributed by atoms with van der Waals surface area (Å²) < 4.78 is 10.7. The lowest BCUT2D eigenvalue weighted by Gasteiger charge is -2.28. The van der Waals surface area contributed by atoms with Gasteiger partial charge < -0.3 is 14.8 Å².